The van der Waals surface area contributed by atoms with E-state index >= 15 is 0 Å². The Balaban J connectivity index is 1.80. The van der Waals surface area contributed by atoms with Crippen molar-refractivity contribution in [2.24, 2.45) is 0 Å². The predicted molar refractivity (Wildman–Crippen MR) is 106 cm³/mol. The molecule has 0 N–H and O–H groups in total. The molecule has 134 valence electrons. The van der Waals surface area contributed by atoms with Gasteiger partial charge in [0.2, 0.25) is 0 Å². The summed E-state index contributed by atoms with van der Waals surface area (Å²) in [5, 5.41) is 0. The van der Waals surface area contributed by atoms with E-state index in [9.17, 15) is 4.79 Å². The van der Waals surface area contributed by atoms with Crippen molar-refractivity contribution in [1.29, 1.82) is 0 Å². The third kappa shape index (κ3) is 3.09. The first-order valence-electron chi connectivity index (χ1n) is 9.77. The fourth-order valence-corrected chi connectivity index (χ4v) is 4.41. The molecule has 2 aliphatic carbocycles. The van der Waals surface area contributed by atoms with Crippen LogP contribution in [0.5, 0.6) is 5.75 Å². The van der Waals surface area contributed by atoms with Gasteiger partial charge in [0.1, 0.15) is 5.75 Å². The van der Waals surface area contributed by atoms with Crippen LogP contribution in [0.15, 0.2) is 48.6 Å². The minimum absolute atomic E-state index is 0.316. The number of esters is 1. The van der Waals surface area contributed by atoms with Crippen LogP contribution < -0.4 is 4.74 Å². The van der Waals surface area contributed by atoms with Gasteiger partial charge in [-0.3, -0.25) is 0 Å². The summed E-state index contributed by atoms with van der Waals surface area (Å²) in [6.07, 6.45) is 8.35. The summed E-state index contributed by atoms with van der Waals surface area (Å²) in [6.45, 7) is 5.48. The number of carbonyl (C=O) groups excluding carboxylic acids is 1. The van der Waals surface area contributed by atoms with Crippen LogP contribution in [0.4, 0.5) is 0 Å². The van der Waals surface area contributed by atoms with Crippen LogP contribution in [0.2, 0.25) is 0 Å². The highest BCUT2D eigenvalue weighted by Crippen LogP contribution is 2.46. The van der Waals surface area contributed by atoms with E-state index in [2.05, 4.69) is 43.0 Å². The molecule has 0 heterocycles. The average Bonchev–Trinajstić information content (AvgIpc) is 2.82. The predicted octanol–water partition coefficient (Wildman–Crippen LogP) is 6.18. The molecule has 0 atom stereocenters. The van der Waals surface area contributed by atoms with Gasteiger partial charge in [0.15, 0.2) is 0 Å². The second kappa shape index (κ2) is 7.11. The fourth-order valence-electron chi connectivity index (χ4n) is 4.41. The fraction of sp³-hybridized carbons (Fsp3) is 0.375. The summed E-state index contributed by atoms with van der Waals surface area (Å²) in [6, 6.07) is 12.9. The third-order valence-electron chi connectivity index (χ3n) is 5.80. The standard InChI is InChI=1S/C24H26O2/c1-16(2)24(25)26-23-20(17-9-5-3-4-6-10-17)13-14-21-19-12-8-7-11-18(19)15-22(21)23/h7-8,11-14,17H,1,3-6,9-10,15H2,2H3. The van der Waals surface area contributed by atoms with Crippen molar-refractivity contribution in [1.82, 2.24) is 0 Å². The van der Waals surface area contributed by atoms with Gasteiger partial charge in [0.25, 0.3) is 0 Å². The first-order valence-corrected chi connectivity index (χ1v) is 9.77. The molecule has 2 aromatic carbocycles. The Hall–Kier alpha value is -2.35. The van der Waals surface area contributed by atoms with E-state index < -0.39 is 0 Å². The number of rotatable bonds is 3. The van der Waals surface area contributed by atoms with Crippen molar-refractivity contribution in [3.63, 3.8) is 0 Å². The normalized spacial score (nSPS) is 16.5. The molecule has 0 aromatic heterocycles. The van der Waals surface area contributed by atoms with Crippen LogP contribution in [0, 0.1) is 0 Å². The Kier molecular flexibility index (Phi) is 4.67. The molecule has 26 heavy (non-hydrogen) atoms. The van der Waals surface area contributed by atoms with Gasteiger partial charge >= 0.3 is 5.97 Å². The topological polar surface area (TPSA) is 26.3 Å². The van der Waals surface area contributed by atoms with Gasteiger partial charge in [0, 0.05) is 17.6 Å². The van der Waals surface area contributed by atoms with E-state index in [1.807, 2.05) is 0 Å². The minimum atomic E-state index is -0.316. The largest absolute Gasteiger partial charge is 0.423 e. The monoisotopic (exact) mass is 346 g/mol. The van der Waals surface area contributed by atoms with Crippen molar-refractivity contribution in [3.8, 4) is 16.9 Å². The molecule has 0 unspecified atom stereocenters. The van der Waals surface area contributed by atoms with Gasteiger partial charge in [-0.05, 0) is 47.9 Å². The summed E-state index contributed by atoms with van der Waals surface area (Å²) in [4.78, 5) is 12.4. The van der Waals surface area contributed by atoms with Crippen LogP contribution in [-0.4, -0.2) is 5.97 Å². The van der Waals surface area contributed by atoms with Crippen LogP contribution in [-0.2, 0) is 11.2 Å². The second-order valence-electron chi connectivity index (χ2n) is 7.70. The zero-order valence-electron chi connectivity index (χ0n) is 15.5. The quantitative estimate of drug-likeness (QED) is 0.245. The van der Waals surface area contributed by atoms with Crippen LogP contribution in [0.25, 0.3) is 11.1 Å². The number of fused-ring (bicyclic) bond motifs is 3. The first kappa shape index (κ1) is 17.1. The van der Waals surface area contributed by atoms with Crippen LogP contribution >= 0.6 is 0 Å². The van der Waals surface area contributed by atoms with Gasteiger partial charge in [-0.15, -0.1) is 0 Å². The highest BCUT2D eigenvalue weighted by molar-refractivity contribution is 5.90. The van der Waals surface area contributed by atoms with E-state index in [4.69, 9.17) is 4.74 Å². The van der Waals surface area contributed by atoms with Gasteiger partial charge in [0.05, 0.1) is 0 Å². The lowest BCUT2D eigenvalue weighted by Gasteiger charge is -2.21. The Labute approximate surface area is 155 Å². The molecule has 4 rings (SSSR count). The van der Waals surface area contributed by atoms with Crippen LogP contribution in [0.1, 0.15) is 68.1 Å². The van der Waals surface area contributed by atoms with Gasteiger partial charge in [-0.1, -0.05) is 68.7 Å². The van der Waals surface area contributed by atoms with Crippen LogP contribution in [0.3, 0.4) is 0 Å². The minimum Gasteiger partial charge on any atom is -0.423 e. The highest BCUT2D eigenvalue weighted by Gasteiger charge is 2.28. The number of ether oxygens (including phenoxy) is 1. The molecule has 2 nitrogen and oxygen atoms in total. The number of hydrogen-bond donors (Lipinski definition) is 0. The van der Waals surface area contributed by atoms with Crippen molar-refractivity contribution < 1.29 is 9.53 Å². The molecule has 2 aromatic rings. The lowest BCUT2D eigenvalue weighted by Crippen LogP contribution is -2.13. The highest BCUT2D eigenvalue weighted by atomic mass is 16.5. The smallest absolute Gasteiger partial charge is 0.338 e. The molecular formula is C24H26O2. The third-order valence-corrected chi connectivity index (χ3v) is 5.80. The SMILES string of the molecule is C=C(C)C(=O)Oc1c(C2CCCCCC2)ccc2c1Cc1ccccc1-2. The molecule has 0 saturated heterocycles. The summed E-state index contributed by atoms with van der Waals surface area (Å²) < 4.78 is 5.94. The van der Waals surface area contributed by atoms with Crippen molar-refractivity contribution in [3.05, 3.63) is 65.2 Å². The maximum Gasteiger partial charge on any atom is 0.338 e. The summed E-state index contributed by atoms with van der Waals surface area (Å²) >= 11 is 0. The van der Waals surface area contributed by atoms with Gasteiger partial charge < -0.3 is 4.74 Å². The maximum absolute atomic E-state index is 12.4. The summed E-state index contributed by atoms with van der Waals surface area (Å²) in [5.74, 6) is 0.974. The number of hydrogen-bond acceptors (Lipinski definition) is 2. The van der Waals surface area contributed by atoms with Crippen molar-refractivity contribution in [2.45, 2.75) is 57.8 Å². The van der Waals surface area contributed by atoms with Crippen molar-refractivity contribution >= 4 is 5.97 Å². The summed E-state index contributed by atoms with van der Waals surface area (Å²) in [7, 11) is 0. The Morgan fingerprint density at radius 3 is 2.46 bits per heavy atom. The molecule has 2 aliphatic rings. The van der Waals surface area contributed by atoms with E-state index in [1.165, 1.54) is 66.3 Å². The summed E-state index contributed by atoms with van der Waals surface area (Å²) in [5.41, 5.74) is 6.62. The Morgan fingerprint density at radius 2 is 1.73 bits per heavy atom. The lowest BCUT2D eigenvalue weighted by molar-refractivity contribution is -0.130. The molecule has 1 saturated carbocycles. The maximum atomic E-state index is 12.4. The van der Waals surface area contributed by atoms with E-state index in [0.717, 1.165) is 12.2 Å². The first-order chi connectivity index (χ1) is 12.6. The molecule has 0 amide bonds. The van der Waals surface area contributed by atoms with E-state index in [-0.39, 0.29) is 5.97 Å². The van der Waals surface area contributed by atoms with E-state index in [0.29, 0.717) is 11.5 Å². The van der Waals surface area contributed by atoms with Gasteiger partial charge in [-0.2, -0.15) is 0 Å². The molecule has 0 bridgehead atoms. The molecule has 1 fully saturated rings. The molecule has 2 heteroatoms. The van der Waals surface area contributed by atoms with Crippen molar-refractivity contribution in [2.75, 3.05) is 0 Å². The molecule has 0 aliphatic heterocycles. The number of benzene rings is 2. The molecular weight excluding hydrogens is 320 g/mol. The zero-order valence-corrected chi connectivity index (χ0v) is 15.5. The second-order valence-corrected chi connectivity index (χ2v) is 7.70. The van der Waals surface area contributed by atoms with Gasteiger partial charge in [-0.25, -0.2) is 4.79 Å². The van der Waals surface area contributed by atoms with E-state index in [1.54, 1.807) is 6.92 Å². The lowest BCUT2D eigenvalue weighted by atomic mass is 9.88. The molecule has 0 radical (unpaired) electrons. The Morgan fingerprint density at radius 1 is 1.00 bits per heavy atom. The Bertz CT molecular complexity index is 855. The number of carbonyl (C=O) groups is 1. The molecule has 0 spiro atoms. The zero-order chi connectivity index (χ0) is 18.1. The average molecular weight is 346 g/mol.